The third-order valence-electron chi connectivity index (χ3n) is 3.63. The summed E-state index contributed by atoms with van der Waals surface area (Å²) in [6.45, 7) is 3.21. The number of benzene rings is 1. The molecule has 1 aliphatic heterocycles. The Bertz CT molecular complexity index is 419. The lowest BCUT2D eigenvalue weighted by Crippen LogP contribution is -2.43. The Morgan fingerprint density at radius 2 is 2.11 bits per heavy atom. The van der Waals surface area contributed by atoms with Crippen LogP contribution in [0.2, 0.25) is 0 Å². The molecule has 1 aromatic carbocycles. The van der Waals surface area contributed by atoms with Crippen molar-refractivity contribution in [3.8, 4) is 0 Å². The van der Waals surface area contributed by atoms with Crippen molar-refractivity contribution in [3.05, 3.63) is 39.9 Å². The molecule has 5 nitrogen and oxygen atoms in total. The SMILES string of the molecule is NC1CCCN(CCCc2ccc([N+](=O)[O-])cc2)C1. The van der Waals surface area contributed by atoms with Crippen molar-refractivity contribution >= 4 is 5.69 Å². The normalized spacial score (nSPS) is 20.4. The quantitative estimate of drug-likeness (QED) is 0.651. The van der Waals surface area contributed by atoms with Gasteiger partial charge in [0.05, 0.1) is 4.92 Å². The van der Waals surface area contributed by atoms with Crippen LogP contribution in [0.3, 0.4) is 0 Å². The maximum absolute atomic E-state index is 10.6. The lowest BCUT2D eigenvalue weighted by atomic mass is 10.1. The number of rotatable bonds is 5. The first-order valence-corrected chi connectivity index (χ1v) is 6.86. The van der Waals surface area contributed by atoms with Crippen LogP contribution in [0, 0.1) is 10.1 Å². The van der Waals surface area contributed by atoms with Gasteiger partial charge in [-0.05, 0) is 44.3 Å². The number of non-ortho nitro benzene ring substituents is 1. The molecule has 1 aliphatic rings. The third-order valence-corrected chi connectivity index (χ3v) is 3.63. The number of likely N-dealkylation sites (tertiary alicyclic amines) is 1. The number of hydrogen-bond donors (Lipinski definition) is 1. The average molecular weight is 263 g/mol. The standard InChI is InChI=1S/C14H21N3O2/c15-13-4-2-10-16(11-13)9-1-3-12-5-7-14(8-6-12)17(18)19/h5-8,13H,1-4,9-11,15H2. The van der Waals surface area contributed by atoms with E-state index in [0.717, 1.165) is 44.5 Å². The summed E-state index contributed by atoms with van der Waals surface area (Å²) in [5.74, 6) is 0. The Kier molecular flexibility index (Phi) is 4.87. The van der Waals surface area contributed by atoms with Gasteiger partial charge in [0.25, 0.3) is 5.69 Å². The molecular weight excluding hydrogens is 242 g/mol. The second kappa shape index (κ2) is 6.63. The van der Waals surface area contributed by atoms with E-state index in [2.05, 4.69) is 4.90 Å². The molecule has 104 valence electrons. The van der Waals surface area contributed by atoms with Crippen LogP contribution < -0.4 is 5.73 Å². The van der Waals surface area contributed by atoms with Gasteiger partial charge >= 0.3 is 0 Å². The van der Waals surface area contributed by atoms with Crippen LogP contribution in [0.1, 0.15) is 24.8 Å². The van der Waals surface area contributed by atoms with E-state index >= 15 is 0 Å². The molecule has 1 heterocycles. The molecule has 1 atom stereocenters. The second-order valence-electron chi connectivity index (χ2n) is 5.23. The van der Waals surface area contributed by atoms with Gasteiger partial charge in [-0.2, -0.15) is 0 Å². The zero-order valence-electron chi connectivity index (χ0n) is 11.1. The van der Waals surface area contributed by atoms with Gasteiger partial charge in [0.1, 0.15) is 0 Å². The molecule has 19 heavy (non-hydrogen) atoms. The van der Waals surface area contributed by atoms with Gasteiger partial charge in [0, 0.05) is 24.7 Å². The zero-order chi connectivity index (χ0) is 13.7. The van der Waals surface area contributed by atoms with E-state index in [9.17, 15) is 10.1 Å². The summed E-state index contributed by atoms with van der Waals surface area (Å²) < 4.78 is 0. The topological polar surface area (TPSA) is 72.4 Å². The fourth-order valence-corrected chi connectivity index (χ4v) is 2.59. The van der Waals surface area contributed by atoms with Crippen LogP contribution in [-0.2, 0) is 6.42 Å². The molecule has 0 bridgehead atoms. The van der Waals surface area contributed by atoms with E-state index < -0.39 is 0 Å². The van der Waals surface area contributed by atoms with Gasteiger partial charge < -0.3 is 10.6 Å². The summed E-state index contributed by atoms with van der Waals surface area (Å²) in [6, 6.07) is 7.17. The fraction of sp³-hybridized carbons (Fsp3) is 0.571. The number of nitro benzene ring substituents is 1. The smallest absolute Gasteiger partial charge is 0.269 e. The fourth-order valence-electron chi connectivity index (χ4n) is 2.59. The first kappa shape index (κ1) is 14.0. The lowest BCUT2D eigenvalue weighted by molar-refractivity contribution is -0.384. The summed E-state index contributed by atoms with van der Waals surface area (Å²) in [5, 5.41) is 10.6. The molecule has 2 rings (SSSR count). The molecule has 0 aromatic heterocycles. The third kappa shape index (κ3) is 4.29. The van der Waals surface area contributed by atoms with Crippen molar-refractivity contribution in [2.75, 3.05) is 19.6 Å². The van der Waals surface area contributed by atoms with Gasteiger partial charge in [-0.3, -0.25) is 10.1 Å². The highest BCUT2D eigenvalue weighted by Crippen LogP contribution is 2.14. The Morgan fingerprint density at radius 1 is 1.37 bits per heavy atom. The van der Waals surface area contributed by atoms with Crippen LogP contribution in [0.4, 0.5) is 5.69 Å². The number of nitro groups is 1. The molecule has 1 unspecified atom stereocenters. The molecular formula is C14H21N3O2. The van der Waals surface area contributed by atoms with Gasteiger partial charge in [-0.25, -0.2) is 0 Å². The van der Waals surface area contributed by atoms with Crippen molar-refractivity contribution in [3.63, 3.8) is 0 Å². The van der Waals surface area contributed by atoms with Gasteiger partial charge in [0.15, 0.2) is 0 Å². The van der Waals surface area contributed by atoms with Crippen molar-refractivity contribution in [2.45, 2.75) is 31.7 Å². The summed E-state index contributed by atoms with van der Waals surface area (Å²) in [6.07, 6.45) is 4.37. The zero-order valence-corrected chi connectivity index (χ0v) is 11.1. The Balaban J connectivity index is 1.74. The maximum atomic E-state index is 10.6. The molecule has 0 saturated carbocycles. The first-order valence-electron chi connectivity index (χ1n) is 6.86. The Hall–Kier alpha value is -1.46. The summed E-state index contributed by atoms with van der Waals surface area (Å²) in [5.41, 5.74) is 7.26. The predicted molar refractivity (Wildman–Crippen MR) is 75.1 cm³/mol. The first-order chi connectivity index (χ1) is 9.15. The van der Waals surface area contributed by atoms with Crippen LogP contribution in [0.15, 0.2) is 24.3 Å². The average Bonchev–Trinajstić information content (AvgIpc) is 2.39. The van der Waals surface area contributed by atoms with E-state index in [1.807, 2.05) is 12.1 Å². The van der Waals surface area contributed by atoms with Crippen LogP contribution >= 0.6 is 0 Å². The number of nitrogens with zero attached hydrogens (tertiary/aromatic N) is 2. The Labute approximate surface area is 113 Å². The van der Waals surface area contributed by atoms with Gasteiger partial charge in [0.2, 0.25) is 0 Å². The van der Waals surface area contributed by atoms with E-state index in [-0.39, 0.29) is 10.6 Å². The van der Waals surface area contributed by atoms with E-state index in [0.29, 0.717) is 6.04 Å². The van der Waals surface area contributed by atoms with Gasteiger partial charge in [-0.1, -0.05) is 12.1 Å². The van der Waals surface area contributed by atoms with E-state index in [1.165, 1.54) is 6.42 Å². The number of hydrogen-bond acceptors (Lipinski definition) is 4. The van der Waals surface area contributed by atoms with Crippen molar-refractivity contribution in [1.29, 1.82) is 0 Å². The maximum Gasteiger partial charge on any atom is 0.269 e. The molecule has 1 aromatic rings. The van der Waals surface area contributed by atoms with Crippen LogP contribution in [-0.4, -0.2) is 35.5 Å². The van der Waals surface area contributed by atoms with Crippen molar-refractivity contribution in [1.82, 2.24) is 4.90 Å². The molecule has 2 N–H and O–H groups in total. The number of aryl methyl sites for hydroxylation is 1. The lowest BCUT2D eigenvalue weighted by Gasteiger charge is -2.30. The molecule has 1 saturated heterocycles. The summed E-state index contributed by atoms with van der Waals surface area (Å²) >= 11 is 0. The highest BCUT2D eigenvalue weighted by molar-refractivity contribution is 5.32. The summed E-state index contributed by atoms with van der Waals surface area (Å²) in [7, 11) is 0. The second-order valence-corrected chi connectivity index (χ2v) is 5.23. The minimum atomic E-state index is -0.362. The van der Waals surface area contributed by atoms with Crippen molar-refractivity contribution in [2.24, 2.45) is 5.73 Å². The Morgan fingerprint density at radius 3 is 2.74 bits per heavy atom. The van der Waals surface area contributed by atoms with Crippen molar-refractivity contribution < 1.29 is 4.92 Å². The van der Waals surface area contributed by atoms with Crippen LogP contribution in [0.5, 0.6) is 0 Å². The molecule has 0 amide bonds. The highest BCUT2D eigenvalue weighted by atomic mass is 16.6. The van der Waals surface area contributed by atoms with Crippen LogP contribution in [0.25, 0.3) is 0 Å². The summed E-state index contributed by atoms with van der Waals surface area (Å²) in [4.78, 5) is 12.6. The van der Waals surface area contributed by atoms with E-state index in [1.54, 1.807) is 12.1 Å². The predicted octanol–water partition coefficient (Wildman–Crippen LogP) is 1.95. The monoisotopic (exact) mass is 263 g/mol. The largest absolute Gasteiger partial charge is 0.327 e. The minimum Gasteiger partial charge on any atom is -0.327 e. The molecule has 0 spiro atoms. The van der Waals surface area contributed by atoms with E-state index in [4.69, 9.17) is 5.73 Å². The molecule has 0 aliphatic carbocycles. The molecule has 0 radical (unpaired) electrons. The highest BCUT2D eigenvalue weighted by Gasteiger charge is 2.15. The minimum absolute atomic E-state index is 0.158. The van der Waals surface area contributed by atoms with Gasteiger partial charge in [-0.15, -0.1) is 0 Å². The molecule has 1 fully saturated rings. The number of piperidine rings is 1. The molecule has 5 heteroatoms. The number of nitrogens with two attached hydrogens (primary N) is 1.